The number of nitrogens with one attached hydrogen (secondary N) is 1. The maximum Gasteiger partial charge on any atom is 0.340 e. The molecule has 168 valence electrons. The Balaban J connectivity index is 1.60. The maximum absolute atomic E-state index is 12.8. The third-order valence-corrected chi connectivity index (χ3v) is 6.06. The summed E-state index contributed by atoms with van der Waals surface area (Å²) in [7, 11) is 1.58. The van der Waals surface area contributed by atoms with Gasteiger partial charge in [0.25, 0.3) is 5.91 Å². The number of benzene rings is 2. The third-order valence-electron chi connectivity index (χ3n) is 4.96. The molecule has 0 aliphatic carbocycles. The lowest BCUT2D eigenvalue weighted by molar-refractivity contribution is -0.129. The second-order valence-corrected chi connectivity index (χ2v) is 8.18. The van der Waals surface area contributed by atoms with Gasteiger partial charge in [-0.2, -0.15) is 0 Å². The Hall–Kier alpha value is -3.26. The zero-order chi connectivity index (χ0) is 23.1. The van der Waals surface area contributed by atoms with E-state index in [1.54, 1.807) is 26.2 Å². The highest BCUT2D eigenvalue weighted by molar-refractivity contribution is 7.98. The van der Waals surface area contributed by atoms with Crippen molar-refractivity contribution in [1.29, 1.82) is 0 Å². The molecule has 0 saturated carbocycles. The van der Waals surface area contributed by atoms with Crippen molar-refractivity contribution in [2.75, 3.05) is 7.11 Å². The SMILES string of the molecule is COc1ccccc1CNC(=O)C(C)OC(=O)c1ccccc1SCc1c(C)noc1C. The van der Waals surface area contributed by atoms with E-state index in [0.29, 0.717) is 17.1 Å². The van der Waals surface area contributed by atoms with E-state index in [9.17, 15) is 9.59 Å². The molecule has 7 nitrogen and oxygen atoms in total. The fourth-order valence-electron chi connectivity index (χ4n) is 3.07. The van der Waals surface area contributed by atoms with E-state index >= 15 is 0 Å². The minimum Gasteiger partial charge on any atom is -0.496 e. The molecule has 1 atom stereocenters. The molecule has 0 radical (unpaired) electrons. The Kier molecular flexibility index (Phi) is 7.94. The van der Waals surface area contributed by atoms with Gasteiger partial charge in [-0.3, -0.25) is 4.79 Å². The van der Waals surface area contributed by atoms with Crippen LogP contribution in [0, 0.1) is 13.8 Å². The van der Waals surface area contributed by atoms with Crippen LogP contribution in [0.2, 0.25) is 0 Å². The van der Waals surface area contributed by atoms with Crippen LogP contribution in [-0.2, 0) is 21.8 Å². The van der Waals surface area contributed by atoms with Crippen molar-refractivity contribution < 1.29 is 23.6 Å². The Bertz CT molecular complexity index is 1080. The molecule has 8 heteroatoms. The number of ether oxygens (including phenoxy) is 2. The molecule has 1 N–H and O–H groups in total. The van der Waals surface area contributed by atoms with Crippen LogP contribution in [-0.4, -0.2) is 30.2 Å². The Morgan fingerprint density at radius 1 is 1.12 bits per heavy atom. The van der Waals surface area contributed by atoms with Gasteiger partial charge in [0.1, 0.15) is 11.5 Å². The van der Waals surface area contributed by atoms with Crippen molar-refractivity contribution in [3.05, 3.63) is 76.7 Å². The molecule has 2 aromatic carbocycles. The van der Waals surface area contributed by atoms with E-state index in [1.165, 1.54) is 11.8 Å². The number of carbonyl (C=O) groups is 2. The first-order valence-corrected chi connectivity index (χ1v) is 11.1. The van der Waals surface area contributed by atoms with Gasteiger partial charge >= 0.3 is 5.97 Å². The number of nitrogens with zero attached hydrogens (tertiary/aromatic N) is 1. The number of thioether (sulfide) groups is 1. The van der Waals surface area contributed by atoms with Crippen LogP contribution in [0.3, 0.4) is 0 Å². The molecule has 0 saturated heterocycles. The first-order chi connectivity index (χ1) is 15.4. The number of aryl methyl sites for hydroxylation is 2. The molecule has 0 bridgehead atoms. The highest BCUT2D eigenvalue weighted by Gasteiger charge is 2.21. The topological polar surface area (TPSA) is 90.7 Å². The molecule has 1 heterocycles. The van der Waals surface area contributed by atoms with Gasteiger partial charge in [-0.1, -0.05) is 35.5 Å². The summed E-state index contributed by atoms with van der Waals surface area (Å²) in [5.74, 6) is 1.12. The first kappa shape index (κ1) is 23.4. The predicted molar refractivity (Wildman–Crippen MR) is 122 cm³/mol. The van der Waals surface area contributed by atoms with Gasteiger partial charge in [-0.25, -0.2) is 4.79 Å². The third kappa shape index (κ3) is 5.70. The molecule has 3 rings (SSSR count). The molecule has 0 aliphatic heterocycles. The van der Waals surface area contributed by atoms with Crippen LogP contribution in [0.1, 0.15) is 39.9 Å². The zero-order valence-electron chi connectivity index (χ0n) is 18.5. The zero-order valence-corrected chi connectivity index (χ0v) is 19.3. The lowest BCUT2D eigenvalue weighted by Gasteiger charge is -2.16. The van der Waals surface area contributed by atoms with E-state index in [-0.39, 0.29) is 12.5 Å². The number of esters is 1. The highest BCUT2D eigenvalue weighted by Crippen LogP contribution is 2.29. The second-order valence-electron chi connectivity index (χ2n) is 7.16. The fourth-order valence-corrected chi connectivity index (χ4v) is 4.27. The van der Waals surface area contributed by atoms with Crippen molar-refractivity contribution >= 4 is 23.6 Å². The van der Waals surface area contributed by atoms with Gasteiger partial charge in [0.05, 0.1) is 18.4 Å². The monoisotopic (exact) mass is 454 g/mol. The number of rotatable bonds is 9. The van der Waals surface area contributed by atoms with Crippen LogP contribution < -0.4 is 10.1 Å². The molecule has 1 amide bonds. The summed E-state index contributed by atoms with van der Waals surface area (Å²) in [6, 6.07) is 14.6. The van der Waals surface area contributed by atoms with Crippen molar-refractivity contribution in [3.8, 4) is 5.75 Å². The molecule has 0 fully saturated rings. The largest absolute Gasteiger partial charge is 0.496 e. The summed E-state index contributed by atoms with van der Waals surface area (Å²) in [6.07, 6.45) is -0.946. The first-order valence-electron chi connectivity index (χ1n) is 10.1. The Morgan fingerprint density at radius 2 is 1.84 bits per heavy atom. The van der Waals surface area contributed by atoms with Gasteiger partial charge in [0.15, 0.2) is 6.10 Å². The van der Waals surface area contributed by atoms with Gasteiger partial charge in [0.2, 0.25) is 0 Å². The average molecular weight is 455 g/mol. The van der Waals surface area contributed by atoms with Crippen LogP contribution in [0.25, 0.3) is 0 Å². The highest BCUT2D eigenvalue weighted by atomic mass is 32.2. The van der Waals surface area contributed by atoms with Crippen LogP contribution in [0.4, 0.5) is 0 Å². The van der Waals surface area contributed by atoms with E-state index in [2.05, 4.69) is 10.5 Å². The van der Waals surface area contributed by atoms with Crippen molar-refractivity contribution in [1.82, 2.24) is 10.5 Å². The van der Waals surface area contributed by atoms with Gasteiger partial charge in [-0.15, -0.1) is 11.8 Å². The average Bonchev–Trinajstić information content (AvgIpc) is 3.13. The van der Waals surface area contributed by atoms with Gasteiger partial charge < -0.3 is 19.3 Å². The Morgan fingerprint density at radius 3 is 2.56 bits per heavy atom. The van der Waals surface area contributed by atoms with Crippen LogP contribution in [0.15, 0.2) is 57.9 Å². The second kappa shape index (κ2) is 10.9. The van der Waals surface area contributed by atoms with Crippen LogP contribution in [0.5, 0.6) is 5.75 Å². The van der Waals surface area contributed by atoms with Gasteiger partial charge in [-0.05, 0) is 39.0 Å². The van der Waals surface area contributed by atoms with E-state index in [4.69, 9.17) is 14.0 Å². The normalized spacial score (nSPS) is 11.6. The lowest BCUT2D eigenvalue weighted by Crippen LogP contribution is -2.35. The van der Waals surface area contributed by atoms with Crippen molar-refractivity contribution in [2.45, 2.75) is 44.1 Å². The minimum atomic E-state index is -0.946. The minimum absolute atomic E-state index is 0.272. The van der Waals surface area contributed by atoms with E-state index in [1.807, 2.05) is 50.2 Å². The molecule has 0 spiro atoms. The molecule has 3 aromatic rings. The van der Waals surface area contributed by atoms with Crippen molar-refractivity contribution in [3.63, 3.8) is 0 Å². The number of hydrogen-bond donors (Lipinski definition) is 1. The molecular weight excluding hydrogens is 428 g/mol. The number of para-hydroxylation sites is 1. The quantitative estimate of drug-likeness (QED) is 0.377. The fraction of sp³-hybridized carbons (Fsp3) is 0.292. The summed E-state index contributed by atoms with van der Waals surface area (Å²) < 4.78 is 15.9. The number of aromatic nitrogens is 1. The molecule has 0 aliphatic rings. The summed E-state index contributed by atoms with van der Waals surface area (Å²) in [6.45, 7) is 5.57. The molecule has 1 aromatic heterocycles. The summed E-state index contributed by atoms with van der Waals surface area (Å²) in [5.41, 5.74) is 3.08. The number of methoxy groups -OCH3 is 1. The van der Waals surface area contributed by atoms with Crippen molar-refractivity contribution in [2.24, 2.45) is 0 Å². The predicted octanol–water partition coefficient (Wildman–Crippen LogP) is 4.45. The molecule has 32 heavy (non-hydrogen) atoms. The summed E-state index contributed by atoms with van der Waals surface area (Å²) in [4.78, 5) is 26.0. The van der Waals surface area contributed by atoms with Crippen LogP contribution >= 0.6 is 11.8 Å². The number of carbonyl (C=O) groups excluding carboxylic acids is 2. The summed E-state index contributed by atoms with van der Waals surface area (Å²) >= 11 is 1.49. The summed E-state index contributed by atoms with van der Waals surface area (Å²) in [5, 5.41) is 6.74. The van der Waals surface area contributed by atoms with Gasteiger partial charge in [0, 0.05) is 28.3 Å². The molecule has 1 unspecified atom stereocenters. The number of hydrogen-bond acceptors (Lipinski definition) is 7. The maximum atomic E-state index is 12.8. The number of amides is 1. The Labute approximate surface area is 191 Å². The lowest BCUT2D eigenvalue weighted by atomic mass is 10.2. The van der Waals surface area contributed by atoms with E-state index in [0.717, 1.165) is 27.5 Å². The smallest absolute Gasteiger partial charge is 0.340 e. The van der Waals surface area contributed by atoms with E-state index < -0.39 is 12.1 Å². The molecular formula is C24H26N2O5S. The standard InChI is InChI=1S/C24H26N2O5S/c1-15-20(16(2)31-26-15)14-32-22-12-8-6-10-19(22)24(28)30-17(3)23(27)25-13-18-9-5-7-11-21(18)29-4/h5-12,17H,13-14H2,1-4H3,(H,25,27).